The third-order valence-electron chi connectivity index (χ3n) is 2.79. The molecule has 1 aromatic carbocycles. The molecule has 0 spiro atoms. The Bertz CT molecular complexity index is 309. The molecule has 2 rings (SSSR count). The van der Waals surface area contributed by atoms with Crippen LogP contribution in [0.2, 0.25) is 0 Å². The van der Waals surface area contributed by atoms with Gasteiger partial charge in [-0.25, -0.2) is 0 Å². The number of aliphatic hydroxyl groups is 1. The molecule has 1 aromatic rings. The van der Waals surface area contributed by atoms with E-state index in [1.165, 1.54) is 17.5 Å². The fourth-order valence-corrected chi connectivity index (χ4v) is 2.01. The van der Waals surface area contributed by atoms with E-state index in [2.05, 4.69) is 29.6 Å². The molecule has 2 nitrogen and oxygen atoms in total. The second-order valence-electron chi connectivity index (χ2n) is 4.11. The van der Waals surface area contributed by atoms with Crippen LogP contribution in [-0.2, 0) is 6.42 Å². The van der Waals surface area contributed by atoms with Crippen LogP contribution in [-0.4, -0.2) is 24.3 Å². The Morgan fingerprint density at radius 2 is 2.29 bits per heavy atom. The van der Waals surface area contributed by atoms with E-state index in [4.69, 9.17) is 5.11 Å². The SMILES string of the molecule is C[C@H](O)CNCC1Cc2ccccc21. The molecular weight excluding hydrogens is 174 g/mol. The van der Waals surface area contributed by atoms with Crippen LogP contribution in [0, 0.1) is 0 Å². The van der Waals surface area contributed by atoms with Gasteiger partial charge in [0.05, 0.1) is 6.10 Å². The van der Waals surface area contributed by atoms with Crippen molar-refractivity contribution in [1.29, 1.82) is 0 Å². The molecule has 0 radical (unpaired) electrons. The second-order valence-corrected chi connectivity index (χ2v) is 4.11. The first-order chi connectivity index (χ1) is 6.77. The molecule has 14 heavy (non-hydrogen) atoms. The van der Waals surface area contributed by atoms with Crippen molar-refractivity contribution < 1.29 is 5.11 Å². The Morgan fingerprint density at radius 3 is 3.00 bits per heavy atom. The molecule has 76 valence electrons. The number of benzene rings is 1. The average Bonchev–Trinajstić information content (AvgIpc) is 2.12. The van der Waals surface area contributed by atoms with E-state index < -0.39 is 0 Å². The lowest BCUT2D eigenvalue weighted by Crippen LogP contribution is -2.32. The van der Waals surface area contributed by atoms with Gasteiger partial charge in [0.2, 0.25) is 0 Å². The summed E-state index contributed by atoms with van der Waals surface area (Å²) < 4.78 is 0. The van der Waals surface area contributed by atoms with Gasteiger partial charge in [-0.15, -0.1) is 0 Å². The summed E-state index contributed by atoms with van der Waals surface area (Å²) in [5.74, 6) is 0.657. The van der Waals surface area contributed by atoms with E-state index >= 15 is 0 Å². The first-order valence-electron chi connectivity index (χ1n) is 5.24. The Balaban J connectivity index is 1.81. The fourth-order valence-electron chi connectivity index (χ4n) is 2.01. The number of fused-ring (bicyclic) bond motifs is 1. The summed E-state index contributed by atoms with van der Waals surface area (Å²) in [5, 5.41) is 12.4. The van der Waals surface area contributed by atoms with Gasteiger partial charge in [0.15, 0.2) is 0 Å². The third kappa shape index (κ3) is 1.97. The molecule has 2 heteroatoms. The highest BCUT2D eigenvalue weighted by atomic mass is 16.3. The maximum absolute atomic E-state index is 9.09. The second kappa shape index (κ2) is 4.11. The van der Waals surface area contributed by atoms with Crippen molar-refractivity contribution >= 4 is 0 Å². The summed E-state index contributed by atoms with van der Waals surface area (Å²) in [7, 11) is 0. The normalized spacial score (nSPS) is 21.1. The topological polar surface area (TPSA) is 32.3 Å². The molecule has 1 aliphatic carbocycles. The van der Waals surface area contributed by atoms with E-state index in [1.54, 1.807) is 0 Å². The van der Waals surface area contributed by atoms with Crippen molar-refractivity contribution in [2.45, 2.75) is 25.4 Å². The lowest BCUT2D eigenvalue weighted by atomic mass is 9.77. The molecule has 0 aliphatic heterocycles. The number of hydrogen-bond donors (Lipinski definition) is 2. The summed E-state index contributed by atoms with van der Waals surface area (Å²) in [6, 6.07) is 8.59. The van der Waals surface area contributed by atoms with Gasteiger partial charge in [0.1, 0.15) is 0 Å². The van der Waals surface area contributed by atoms with Crippen LogP contribution in [0.5, 0.6) is 0 Å². The van der Waals surface area contributed by atoms with Crippen LogP contribution in [0.3, 0.4) is 0 Å². The van der Waals surface area contributed by atoms with Gasteiger partial charge in [-0.3, -0.25) is 0 Å². The molecule has 0 saturated heterocycles. The fraction of sp³-hybridized carbons (Fsp3) is 0.500. The Morgan fingerprint density at radius 1 is 1.50 bits per heavy atom. The summed E-state index contributed by atoms with van der Waals surface area (Å²) in [6.45, 7) is 3.49. The molecule has 1 aliphatic rings. The molecule has 2 N–H and O–H groups in total. The van der Waals surface area contributed by atoms with Gasteiger partial charge >= 0.3 is 0 Å². The van der Waals surface area contributed by atoms with E-state index in [0.29, 0.717) is 12.5 Å². The van der Waals surface area contributed by atoms with Crippen molar-refractivity contribution in [3.8, 4) is 0 Å². The predicted molar refractivity (Wildman–Crippen MR) is 57.4 cm³/mol. The molecule has 2 atom stereocenters. The van der Waals surface area contributed by atoms with Crippen LogP contribution in [0.15, 0.2) is 24.3 Å². The maximum Gasteiger partial charge on any atom is 0.0636 e. The van der Waals surface area contributed by atoms with E-state index in [0.717, 1.165) is 6.54 Å². The molecule has 0 fully saturated rings. The van der Waals surface area contributed by atoms with Crippen LogP contribution in [0.1, 0.15) is 24.0 Å². The van der Waals surface area contributed by atoms with Crippen molar-refractivity contribution in [3.05, 3.63) is 35.4 Å². The zero-order valence-corrected chi connectivity index (χ0v) is 8.53. The highest BCUT2D eigenvalue weighted by Gasteiger charge is 2.24. The molecule has 0 saturated carbocycles. The van der Waals surface area contributed by atoms with Gasteiger partial charge in [-0.05, 0) is 24.5 Å². The summed E-state index contributed by atoms with van der Waals surface area (Å²) >= 11 is 0. The van der Waals surface area contributed by atoms with Crippen LogP contribution in [0.25, 0.3) is 0 Å². The molecule has 0 bridgehead atoms. The summed E-state index contributed by atoms with van der Waals surface area (Å²) in [6.07, 6.45) is 0.938. The highest BCUT2D eigenvalue weighted by molar-refractivity contribution is 5.40. The predicted octanol–water partition coefficient (Wildman–Crippen LogP) is 1.30. The Kier molecular flexibility index (Phi) is 2.85. The molecular formula is C12H17NO. The Labute approximate surface area is 85.0 Å². The standard InChI is InChI=1S/C12H17NO/c1-9(14)7-13-8-11-6-10-4-2-3-5-12(10)11/h2-5,9,11,13-14H,6-8H2,1H3/t9-,11?/m0/s1. The van der Waals surface area contributed by atoms with Crippen LogP contribution in [0.4, 0.5) is 0 Å². The van der Waals surface area contributed by atoms with Gasteiger partial charge in [-0.1, -0.05) is 24.3 Å². The monoisotopic (exact) mass is 191 g/mol. The van der Waals surface area contributed by atoms with E-state index in [9.17, 15) is 0 Å². The summed E-state index contributed by atoms with van der Waals surface area (Å²) in [4.78, 5) is 0. The van der Waals surface area contributed by atoms with Crippen molar-refractivity contribution in [2.75, 3.05) is 13.1 Å². The number of hydrogen-bond acceptors (Lipinski definition) is 2. The van der Waals surface area contributed by atoms with Gasteiger partial charge in [0.25, 0.3) is 0 Å². The minimum absolute atomic E-state index is 0.245. The quantitative estimate of drug-likeness (QED) is 0.751. The van der Waals surface area contributed by atoms with Crippen molar-refractivity contribution in [1.82, 2.24) is 5.32 Å². The molecule has 0 heterocycles. The number of aliphatic hydroxyl groups excluding tert-OH is 1. The number of nitrogens with one attached hydrogen (secondary N) is 1. The van der Waals surface area contributed by atoms with Crippen LogP contribution >= 0.6 is 0 Å². The zero-order valence-electron chi connectivity index (χ0n) is 8.53. The largest absolute Gasteiger partial charge is 0.392 e. The zero-order chi connectivity index (χ0) is 9.97. The van der Waals surface area contributed by atoms with Gasteiger partial charge in [-0.2, -0.15) is 0 Å². The first-order valence-corrected chi connectivity index (χ1v) is 5.24. The first kappa shape index (κ1) is 9.69. The van der Waals surface area contributed by atoms with Gasteiger partial charge < -0.3 is 10.4 Å². The highest BCUT2D eigenvalue weighted by Crippen LogP contribution is 2.33. The Hall–Kier alpha value is -0.860. The summed E-state index contributed by atoms with van der Waals surface area (Å²) in [5.41, 5.74) is 2.96. The van der Waals surface area contributed by atoms with Gasteiger partial charge in [0, 0.05) is 19.0 Å². The minimum atomic E-state index is -0.245. The minimum Gasteiger partial charge on any atom is -0.392 e. The van der Waals surface area contributed by atoms with E-state index in [-0.39, 0.29) is 6.10 Å². The smallest absolute Gasteiger partial charge is 0.0636 e. The molecule has 0 amide bonds. The third-order valence-corrected chi connectivity index (χ3v) is 2.79. The lowest BCUT2D eigenvalue weighted by Gasteiger charge is -2.30. The van der Waals surface area contributed by atoms with E-state index in [1.807, 2.05) is 6.92 Å². The van der Waals surface area contributed by atoms with Crippen molar-refractivity contribution in [2.24, 2.45) is 0 Å². The van der Waals surface area contributed by atoms with Crippen LogP contribution < -0.4 is 5.32 Å². The average molecular weight is 191 g/mol. The molecule has 0 aromatic heterocycles. The maximum atomic E-state index is 9.09. The number of rotatable bonds is 4. The lowest BCUT2D eigenvalue weighted by molar-refractivity contribution is 0.190. The van der Waals surface area contributed by atoms with Crippen molar-refractivity contribution in [3.63, 3.8) is 0 Å². The molecule has 1 unspecified atom stereocenters.